The maximum absolute atomic E-state index is 4.31. The molecule has 0 N–H and O–H groups in total. The Morgan fingerprint density at radius 1 is 1.36 bits per heavy atom. The van der Waals surface area contributed by atoms with Crippen molar-refractivity contribution >= 4 is 17.5 Å². The summed E-state index contributed by atoms with van der Waals surface area (Å²) in [4.78, 5) is 4.31. The summed E-state index contributed by atoms with van der Waals surface area (Å²) in [6, 6.07) is 8.09. The first-order valence-electron chi connectivity index (χ1n) is 4.67. The van der Waals surface area contributed by atoms with Crippen molar-refractivity contribution in [3.8, 4) is 0 Å². The summed E-state index contributed by atoms with van der Waals surface area (Å²) in [5.74, 6) is 0. The molecule has 0 unspecified atom stereocenters. The molecule has 72 valence electrons. The molecule has 0 bridgehead atoms. The number of hydrogen-bond acceptors (Lipinski definition) is 1. The standard InChI is InChI=1S/C13H15N/c1-4-8-11(3)12-9-6-7-10-13(12)14-5-2/h4-10H,1H2,2-3H3/b11-8+,14-5?. The molecule has 0 aliphatic heterocycles. The lowest BCUT2D eigenvalue weighted by molar-refractivity contribution is 1.47. The molecule has 1 nitrogen and oxygen atoms in total. The Labute approximate surface area is 85.5 Å². The third-order valence-corrected chi connectivity index (χ3v) is 1.96. The van der Waals surface area contributed by atoms with Gasteiger partial charge in [-0.3, -0.25) is 4.99 Å². The third-order valence-electron chi connectivity index (χ3n) is 1.96. The topological polar surface area (TPSA) is 12.4 Å². The minimum atomic E-state index is 1.01. The normalized spacial score (nSPS) is 12.0. The van der Waals surface area contributed by atoms with Gasteiger partial charge in [0.1, 0.15) is 0 Å². The van der Waals surface area contributed by atoms with Crippen LogP contribution in [0.25, 0.3) is 5.57 Å². The number of aliphatic imine (C=N–C) groups is 1. The van der Waals surface area contributed by atoms with Crippen LogP contribution >= 0.6 is 0 Å². The minimum absolute atomic E-state index is 1.01. The molecule has 0 saturated heterocycles. The number of nitrogens with zero attached hydrogens (tertiary/aromatic N) is 1. The Morgan fingerprint density at radius 3 is 2.71 bits per heavy atom. The second-order valence-corrected chi connectivity index (χ2v) is 2.99. The fraction of sp³-hybridized carbons (Fsp3) is 0.154. The zero-order valence-corrected chi connectivity index (χ0v) is 8.70. The fourth-order valence-electron chi connectivity index (χ4n) is 1.33. The molecular weight excluding hydrogens is 170 g/mol. The molecule has 0 amide bonds. The lowest BCUT2D eigenvalue weighted by atomic mass is 10.1. The number of rotatable bonds is 3. The van der Waals surface area contributed by atoms with Crippen molar-refractivity contribution in [2.75, 3.05) is 0 Å². The van der Waals surface area contributed by atoms with Crippen LogP contribution in [-0.2, 0) is 0 Å². The SMILES string of the molecule is C=C/C=C(\C)c1ccccc1N=CC. The van der Waals surface area contributed by atoms with E-state index in [1.165, 1.54) is 5.57 Å². The molecule has 0 aliphatic rings. The molecule has 0 heterocycles. The van der Waals surface area contributed by atoms with Gasteiger partial charge in [-0.05, 0) is 25.5 Å². The van der Waals surface area contributed by atoms with Gasteiger partial charge in [0.2, 0.25) is 0 Å². The van der Waals surface area contributed by atoms with E-state index >= 15 is 0 Å². The number of allylic oxidation sites excluding steroid dienone is 3. The summed E-state index contributed by atoms with van der Waals surface area (Å²) >= 11 is 0. The Balaban J connectivity index is 3.19. The lowest BCUT2D eigenvalue weighted by Crippen LogP contribution is -1.80. The van der Waals surface area contributed by atoms with E-state index in [2.05, 4.69) is 24.6 Å². The molecule has 0 saturated carbocycles. The molecule has 1 rings (SSSR count). The summed E-state index contributed by atoms with van der Waals surface area (Å²) < 4.78 is 0. The first-order valence-corrected chi connectivity index (χ1v) is 4.67. The van der Waals surface area contributed by atoms with E-state index in [1.54, 1.807) is 12.3 Å². The van der Waals surface area contributed by atoms with Crippen molar-refractivity contribution in [3.63, 3.8) is 0 Å². The summed E-state index contributed by atoms with van der Waals surface area (Å²) in [5, 5.41) is 0. The van der Waals surface area contributed by atoms with Gasteiger partial charge >= 0.3 is 0 Å². The van der Waals surface area contributed by atoms with E-state index in [0.29, 0.717) is 0 Å². The average Bonchev–Trinajstić information content (AvgIpc) is 2.19. The highest BCUT2D eigenvalue weighted by Crippen LogP contribution is 2.25. The highest BCUT2D eigenvalue weighted by molar-refractivity contribution is 5.76. The Kier molecular flexibility index (Phi) is 3.86. The molecule has 0 spiro atoms. The van der Waals surface area contributed by atoms with Crippen molar-refractivity contribution in [1.82, 2.24) is 0 Å². The van der Waals surface area contributed by atoms with Gasteiger partial charge in [-0.25, -0.2) is 0 Å². The quantitative estimate of drug-likeness (QED) is 0.498. The van der Waals surface area contributed by atoms with Gasteiger partial charge in [-0.15, -0.1) is 0 Å². The molecule has 0 aliphatic carbocycles. The van der Waals surface area contributed by atoms with E-state index in [0.717, 1.165) is 11.3 Å². The van der Waals surface area contributed by atoms with Crippen molar-refractivity contribution in [2.45, 2.75) is 13.8 Å². The van der Waals surface area contributed by atoms with Gasteiger partial charge < -0.3 is 0 Å². The van der Waals surface area contributed by atoms with Gasteiger partial charge in [0.05, 0.1) is 5.69 Å². The molecule has 0 fully saturated rings. The van der Waals surface area contributed by atoms with Crippen LogP contribution in [0.1, 0.15) is 19.4 Å². The van der Waals surface area contributed by atoms with E-state index in [1.807, 2.05) is 31.2 Å². The molecule has 1 aromatic rings. The predicted octanol–water partition coefficient (Wildman–Crippen LogP) is 4.00. The highest BCUT2D eigenvalue weighted by Gasteiger charge is 1.99. The van der Waals surface area contributed by atoms with Gasteiger partial charge in [-0.2, -0.15) is 0 Å². The molecule has 0 aromatic heterocycles. The van der Waals surface area contributed by atoms with E-state index in [9.17, 15) is 0 Å². The molecule has 0 atom stereocenters. The van der Waals surface area contributed by atoms with Crippen LogP contribution in [-0.4, -0.2) is 6.21 Å². The van der Waals surface area contributed by atoms with Gasteiger partial charge in [-0.1, -0.05) is 36.9 Å². The van der Waals surface area contributed by atoms with Crippen LogP contribution in [0.4, 0.5) is 5.69 Å². The Bertz CT molecular complexity index is 373. The van der Waals surface area contributed by atoms with Crippen LogP contribution in [0.2, 0.25) is 0 Å². The maximum atomic E-state index is 4.31. The van der Waals surface area contributed by atoms with Crippen LogP contribution in [0.15, 0.2) is 48.0 Å². The molecular formula is C13H15N. The van der Waals surface area contributed by atoms with E-state index in [-0.39, 0.29) is 0 Å². The number of hydrogen-bond donors (Lipinski definition) is 0. The monoisotopic (exact) mass is 185 g/mol. The van der Waals surface area contributed by atoms with Crippen LogP contribution in [0.5, 0.6) is 0 Å². The summed E-state index contributed by atoms with van der Waals surface area (Å²) in [7, 11) is 0. The van der Waals surface area contributed by atoms with Crippen molar-refractivity contribution < 1.29 is 0 Å². The maximum Gasteiger partial charge on any atom is 0.0700 e. The number of para-hydroxylation sites is 1. The third kappa shape index (κ3) is 2.43. The summed E-state index contributed by atoms with van der Waals surface area (Å²) in [5.41, 5.74) is 3.34. The van der Waals surface area contributed by atoms with Crippen LogP contribution < -0.4 is 0 Å². The van der Waals surface area contributed by atoms with Crippen molar-refractivity contribution in [3.05, 3.63) is 48.6 Å². The Morgan fingerprint density at radius 2 is 2.07 bits per heavy atom. The lowest BCUT2D eigenvalue weighted by Gasteiger charge is -2.04. The average molecular weight is 185 g/mol. The fourth-order valence-corrected chi connectivity index (χ4v) is 1.33. The molecule has 0 radical (unpaired) electrons. The largest absolute Gasteiger partial charge is 0.261 e. The minimum Gasteiger partial charge on any atom is -0.261 e. The van der Waals surface area contributed by atoms with Gasteiger partial charge in [0.25, 0.3) is 0 Å². The van der Waals surface area contributed by atoms with Crippen LogP contribution in [0, 0.1) is 0 Å². The zero-order valence-electron chi connectivity index (χ0n) is 8.70. The predicted molar refractivity (Wildman–Crippen MR) is 64.1 cm³/mol. The molecule has 1 heteroatoms. The second kappa shape index (κ2) is 5.18. The first-order chi connectivity index (χ1) is 6.79. The van der Waals surface area contributed by atoms with E-state index < -0.39 is 0 Å². The summed E-state index contributed by atoms with van der Waals surface area (Å²) in [6.45, 7) is 7.67. The highest BCUT2D eigenvalue weighted by atomic mass is 14.7. The van der Waals surface area contributed by atoms with Crippen molar-refractivity contribution in [1.29, 1.82) is 0 Å². The number of benzene rings is 1. The first kappa shape index (κ1) is 10.5. The van der Waals surface area contributed by atoms with Crippen LogP contribution in [0.3, 0.4) is 0 Å². The summed E-state index contributed by atoms with van der Waals surface area (Å²) in [6.07, 6.45) is 5.59. The second-order valence-electron chi connectivity index (χ2n) is 2.99. The molecule has 14 heavy (non-hydrogen) atoms. The van der Waals surface area contributed by atoms with Gasteiger partial charge in [0, 0.05) is 11.8 Å². The Hall–Kier alpha value is -1.63. The van der Waals surface area contributed by atoms with Crippen molar-refractivity contribution in [2.24, 2.45) is 4.99 Å². The van der Waals surface area contributed by atoms with Gasteiger partial charge in [0.15, 0.2) is 0 Å². The molecule has 1 aromatic carbocycles. The zero-order chi connectivity index (χ0) is 10.4. The van der Waals surface area contributed by atoms with E-state index in [4.69, 9.17) is 0 Å². The smallest absolute Gasteiger partial charge is 0.0700 e.